The number of carbonyl (C=O) groups excluding carboxylic acids is 1. The summed E-state index contributed by atoms with van der Waals surface area (Å²) in [5, 5.41) is 2.99. The van der Waals surface area contributed by atoms with Gasteiger partial charge in [-0.05, 0) is 43.4 Å². The third-order valence-electron chi connectivity index (χ3n) is 3.45. The average molecular weight is 278 g/mol. The number of nitrogens with two attached hydrogens (primary N) is 1. The Morgan fingerprint density at radius 2 is 2.10 bits per heavy atom. The van der Waals surface area contributed by atoms with Gasteiger partial charge in [-0.2, -0.15) is 0 Å². The highest BCUT2D eigenvalue weighted by molar-refractivity contribution is 5.75. The fourth-order valence-corrected chi connectivity index (χ4v) is 2.44. The molecule has 1 aromatic carbocycles. The number of benzene rings is 1. The van der Waals surface area contributed by atoms with Crippen LogP contribution in [0.1, 0.15) is 31.2 Å². The van der Waals surface area contributed by atoms with E-state index >= 15 is 0 Å². The average Bonchev–Trinajstić information content (AvgIpc) is 2.91. The summed E-state index contributed by atoms with van der Waals surface area (Å²) in [5.41, 5.74) is 6.14. The van der Waals surface area contributed by atoms with Crippen LogP contribution in [0.5, 0.6) is 11.5 Å². The van der Waals surface area contributed by atoms with Crippen molar-refractivity contribution in [1.29, 1.82) is 0 Å². The molecule has 0 atom stereocenters. The minimum Gasteiger partial charge on any atom is -0.493 e. The molecule has 1 fully saturated rings. The maximum absolute atomic E-state index is 10.7. The number of primary amides is 1. The standard InChI is InChI=1S/C15H22N2O3/c1-19-13-7-6-11(9-17-10-15(16)18)8-14(13)20-12-4-2-3-5-12/h6-8,12,17H,2-5,9-10H2,1H3,(H2,16,18). The van der Waals surface area contributed by atoms with Gasteiger partial charge in [0.15, 0.2) is 11.5 Å². The summed E-state index contributed by atoms with van der Waals surface area (Å²) >= 11 is 0. The summed E-state index contributed by atoms with van der Waals surface area (Å²) in [7, 11) is 1.64. The van der Waals surface area contributed by atoms with E-state index in [1.54, 1.807) is 7.11 Å². The van der Waals surface area contributed by atoms with E-state index in [0.29, 0.717) is 6.54 Å². The lowest BCUT2D eigenvalue weighted by Crippen LogP contribution is -2.28. The van der Waals surface area contributed by atoms with Crippen LogP contribution in [0.3, 0.4) is 0 Å². The van der Waals surface area contributed by atoms with Crippen LogP contribution in [-0.4, -0.2) is 25.7 Å². The normalized spacial score (nSPS) is 15.2. The molecule has 110 valence electrons. The van der Waals surface area contributed by atoms with Crippen LogP contribution in [0.25, 0.3) is 0 Å². The lowest BCUT2D eigenvalue weighted by Gasteiger charge is -2.17. The summed E-state index contributed by atoms with van der Waals surface area (Å²) in [5.74, 6) is 1.16. The van der Waals surface area contributed by atoms with E-state index in [-0.39, 0.29) is 18.6 Å². The van der Waals surface area contributed by atoms with E-state index in [2.05, 4.69) is 5.32 Å². The highest BCUT2D eigenvalue weighted by Gasteiger charge is 2.18. The first-order valence-electron chi connectivity index (χ1n) is 7.01. The number of hydrogen-bond donors (Lipinski definition) is 2. The second-order valence-electron chi connectivity index (χ2n) is 5.08. The monoisotopic (exact) mass is 278 g/mol. The van der Waals surface area contributed by atoms with Gasteiger partial charge in [0.25, 0.3) is 0 Å². The van der Waals surface area contributed by atoms with Gasteiger partial charge in [-0.1, -0.05) is 6.07 Å². The third kappa shape index (κ3) is 4.13. The molecule has 5 nitrogen and oxygen atoms in total. The van der Waals surface area contributed by atoms with Crippen molar-refractivity contribution in [2.75, 3.05) is 13.7 Å². The zero-order valence-electron chi connectivity index (χ0n) is 11.9. The SMILES string of the molecule is COc1ccc(CNCC(N)=O)cc1OC1CCCC1. The Morgan fingerprint density at radius 1 is 1.35 bits per heavy atom. The number of amides is 1. The van der Waals surface area contributed by atoms with E-state index in [9.17, 15) is 4.79 Å². The molecule has 0 saturated heterocycles. The number of nitrogens with one attached hydrogen (secondary N) is 1. The van der Waals surface area contributed by atoms with Crippen LogP contribution in [0.4, 0.5) is 0 Å². The number of rotatable bonds is 7. The first kappa shape index (κ1) is 14.7. The molecule has 5 heteroatoms. The van der Waals surface area contributed by atoms with Crippen molar-refractivity contribution in [3.63, 3.8) is 0 Å². The Kier molecular flexibility index (Phi) is 5.24. The van der Waals surface area contributed by atoms with Crippen LogP contribution >= 0.6 is 0 Å². The highest BCUT2D eigenvalue weighted by Crippen LogP contribution is 2.32. The summed E-state index contributed by atoms with van der Waals surface area (Å²) in [6, 6.07) is 5.81. The van der Waals surface area contributed by atoms with Gasteiger partial charge in [0.05, 0.1) is 19.8 Å². The fourth-order valence-electron chi connectivity index (χ4n) is 2.44. The zero-order valence-corrected chi connectivity index (χ0v) is 11.9. The van der Waals surface area contributed by atoms with Gasteiger partial charge < -0.3 is 20.5 Å². The summed E-state index contributed by atoms with van der Waals surface area (Å²) in [6.45, 7) is 0.749. The molecule has 0 radical (unpaired) electrons. The molecule has 1 amide bonds. The molecule has 1 aliphatic rings. The van der Waals surface area contributed by atoms with Gasteiger partial charge in [0, 0.05) is 6.54 Å². The maximum atomic E-state index is 10.7. The molecule has 1 aliphatic carbocycles. The van der Waals surface area contributed by atoms with Gasteiger partial charge in [-0.25, -0.2) is 0 Å². The smallest absolute Gasteiger partial charge is 0.231 e. The fraction of sp³-hybridized carbons (Fsp3) is 0.533. The van der Waals surface area contributed by atoms with Crippen molar-refractivity contribution in [2.45, 2.75) is 38.3 Å². The van der Waals surface area contributed by atoms with Crippen molar-refractivity contribution >= 4 is 5.91 Å². The largest absolute Gasteiger partial charge is 0.493 e. The van der Waals surface area contributed by atoms with Gasteiger partial charge in [-0.15, -0.1) is 0 Å². The minimum atomic E-state index is -0.360. The van der Waals surface area contributed by atoms with Crippen LogP contribution in [0.15, 0.2) is 18.2 Å². The Labute approximate surface area is 119 Å². The molecule has 0 aromatic heterocycles. The second kappa shape index (κ2) is 7.14. The van der Waals surface area contributed by atoms with Gasteiger partial charge in [0.2, 0.25) is 5.91 Å². The quantitative estimate of drug-likeness (QED) is 0.794. The van der Waals surface area contributed by atoms with Crippen molar-refractivity contribution in [3.8, 4) is 11.5 Å². The molecule has 3 N–H and O–H groups in total. The molecule has 0 spiro atoms. The molecular formula is C15H22N2O3. The van der Waals surface area contributed by atoms with Gasteiger partial charge in [0.1, 0.15) is 0 Å². The van der Waals surface area contributed by atoms with E-state index in [1.165, 1.54) is 12.8 Å². The summed E-state index contributed by atoms with van der Waals surface area (Å²) in [6.07, 6.45) is 4.96. The Balaban J connectivity index is 2.01. The number of methoxy groups -OCH3 is 1. The van der Waals surface area contributed by atoms with E-state index in [1.807, 2.05) is 18.2 Å². The topological polar surface area (TPSA) is 73.6 Å². The molecule has 0 unspecified atom stereocenters. The zero-order chi connectivity index (χ0) is 14.4. The molecule has 0 heterocycles. The molecule has 0 bridgehead atoms. The van der Waals surface area contributed by atoms with Gasteiger partial charge >= 0.3 is 0 Å². The van der Waals surface area contributed by atoms with Crippen LogP contribution in [0, 0.1) is 0 Å². The van der Waals surface area contributed by atoms with Crippen molar-refractivity contribution in [1.82, 2.24) is 5.32 Å². The molecule has 20 heavy (non-hydrogen) atoms. The lowest BCUT2D eigenvalue weighted by molar-refractivity contribution is -0.117. The van der Waals surface area contributed by atoms with Crippen molar-refractivity contribution in [2.24, 2.45) is 5.73 Å². The summed E-state index contributed by atoms with van der Waals surface area (Å²) in [4.78, 5) is 10.7. The molecule has 1 saturated carbocycles. The van der Waals surface area contributed by atoms with E-state index < -0.39 is 0 Å². The maximum Gasteiger partial charge on any atom is 0.231 e. The Hall–Kier alpha value is -1.75. The first-order valence-corrected chi connectivity index (χ1v) is 7.01. The predicted molar refractivity (Wildman–Crippen MR) is 76.8 cm³/mol. The van der Waals surface area contributed by atoms with E-state index in [4.69, 9.17) is 15.2 Å². The van der Waals surface area contributed by atoms with E-state index in [0.717, 1.165) is 29.9 Å². The molecule has 1 aromatic rings. The number of hydrogen-bond acceptors (Lipinski definition) is 4. The first-order chi connectivity index (χ1) is 9.69. The molecular weight excluding hydrogens is 256 g/mol. The van der Waals surface area contributed by atoms with Crippen LogP contribution in [-0.2, 0) is 11.3 Å². The highest BCUT2D eigenvalue weighted by atomic mass is 16.5. The molecule has 2 rings (SSSR count). The second-order valence-corrected chi connectivity index (χ2v) is 5.08. The number of carbonyl (C=O) groups is 1. The Bertz CT molecular complexity index is 456. The minimum absolute atomic E-state index is 0.171. The lowest BCUT2D eigenvalue weighted by atomic mass is 10.2. The Morgan fingerprint density at radius 3 is 2.75 bits per heavy atom. The van der Waals surface area contributed by atoms with Crippen LogP contribution in [0.2, 0.25) is 0 Å². The third-order valence-corrected chi connectivity index (χ3v) is 3.45. The van der Waals surface area contributed by atoms with Crippen LogP contribution < -0.4 is 20.5 Å². The van der Waals surface area contributed by atoms with Gasteiger partial charge in [-0.3, -0.25) is 4.79 Å². The predicted octanol–water partition coefficient (Wildman–Crippen LogP) is 1.59. The molecule has 0 aliphatic heterocycles. The van der Waals surface area contributed by atoms with Crippen molar-refractivity contribution < 1.29 is 14.3 Å². The van der Waals surface area contributed by atoms with Crippen molar-refractivity contribution in [3.05, 3.63) is 23.8 Å². The number of ether oxygens (including phenoxy) is 2. The summed E-state index contributed by atoms with van der Waals surface area (Å²) < 4.78 is 11.4.